The number of rotatable bonds is 8. The van der Waals surface area contributed by atoms with Crippen molar-refractivity contribution in [2.24, 2.45) is 5.84 Å². The number of anilines is 1. The topological polar surface area (TPSA) is 91.5 Å². The van der Waals surface area contributed by atoms with Gasteiger partial charge in [-0.2, -0.15) is 0 Å². The Morgan fingerprint density at radius 1 is 1.45 bits per heavy atom. The van der Waals surface area contributed by atoms with Crippen LogP contribution >= 0.6 is 0 Å². The quantitative estimate of drug-likeness (QED) is 0.491. The van der Waals surface area contributed by atoms with Crippen LogP contribution in [0.15, 0.2) is 12.1 Å². The number of nitrogens with one attached hydrogen (secondary N) is 1. The van der Waals surface area contributed by atoms with E-state index in [9.17, 15) is 4.79 Å². The minimum atomic E-state index is -0.0581. The van der Waals surface area contributed by atoms with Crippen LogP contribution in [0, 0.1) is 0 Å². The lowest BCUT2D eigenvalue weighted by molar-refractivity contribution is 0.0754. The molecule has 0 aromatic carbocycles. The first-order chi connectivity index (χ1) is 9.65. The van der Waals surface area contributed by atoms with Gasteiger partial charge in [-0.1, -0.05) is 13.3 Å². The molecule has 1 aromatic heterocycles. The minimum Gasteiger partial charge on any atom is -0.396 e. The van der Waals surface area contributed by atoms with Gasteiger partial charge in [-0.15, -0.1) is 0 Å². The molecule has 1 rings (SSSR count). The summed E-state index contributed by atoms with van der Waals surface area (Å²) < 4.78 is 0. The van der Waals surface area contributed by atoms with Crippen LogP contribution in [0.1, 0.15) is 42.7 Å². The number of carbonyl (C=O) groups excluding carboxylic acids is 1. The lowest BCUT2D eigenvalue weighted by Gasteiger charge is -2.21. The molecule has 20 heavy (non-hydrogen) atoms. The number of nitrogens with zero attached hydrogens (tertiary/aromatic N) is 2. The van der Waals surface area contributed by atoms with Gasteiger partial charge in [0.2, 0.25) is 0 Å². The van der Waals surface area contributed by atoms with Crippen LogP contribution in [0.3, 0.4) is 0 Å². The van der Waals surface area contributed by atoms with E-state index < -0.39 is 0 Å². The number of nitrogens with two attached hydrogens (primary N) is 1. The zero-order chi connectivity index (χ0) is 15.0. The Labute approximate surface area is 120 Å². The van der Waals surface area contributed by atoms with Crippen molar-refractivity contribution >= 4 is 11.7 Å². The second-order valence-corrected chi connectivity index (χ2v) is 4.59. The molecule has 0 radical (unpaired) electrons. The van der Waals surface area contributed by atoms with Crippen molar-refractivity contribution in [2.75, 3.05) is 25.1 Å². The van der Waals surface area contributed by atoms with Crippen molar-refractivity contribution in [3.05, 3.63) is 23.4 Å². The molecule has 0 spiro atoms. The SMILES string of the molecule is CCCc1cc(C(=O)N(CC)CCCO)cc(NN)n1. The van der Waals surface area contributed by atoms with Crippen LogP contribution in [-0.2, 0) is 6.42 Å². The molecule has 0 aliphatic carbocycles. The highest BCUT2D eigenvalue weighted by Crippen LogP contribution is 2.14. The van der Waals surface area contributed by atoms with Gasteiger partial charge in [0.05, 0.1) is 0 Å². The molecule has 0 atom stereocenters. The Hall–Kier alpha value is -1.66. The minimum absolute atomic E-state index is 0.0581. The number of aryl methyl sites for hydroxylation is 1. The molecule has 6 heteroatoms. The van der Waals surface area contributed by atoms with E-state index in [2.05, 4.69) is 17.3 Å². The molecule has 6 nitrogen and oxygen atoms in total. The number of aliphatic hydroxyl groups excluding tert-OH is 1. The van der Waals surface area contributed by atoms with E-state index in [0.29, 0.717) is 30.9 Å². The Kier molecular flexibility index (Phi) is 6.97. The molecule has 0 aliphatic heterocycles. The normalized spacial score (nSPS) is 10.4. The smallest absolute Gasteiger partial charge is 0.254 e. The molecule has 0 saturated heterocycles. The Balaban J connectivity index is 2.97. The highest BCUT2D eigenvalue weighted by atomic mass is 16.3. The average Bonchev–Trinajstić information content (AvgIpc) is 2.47. The van der Waals surface area contributed by atoms with E-state index in [1.807, 2.05) is 13.0 Å². The third kappa shape index (κ3) is 4.47. The highest BCUT2D eigenvalue weighted by molar-refractivity contribution is 5.95. The van der Waals surface area contributed by atoms with E-state index in [-0.39, 0.29) is 12.5 Å². The summed E-state index contributed by atoms with van der Waals surface area (Å²) in [6.45, 7) is 5.21. The number of aliphatic hydroxyl groups is 1. The number of hydrogen-bond donors (Lipinski definition) is 3. The van der Waals surface area contributed by atoms with E-state index in [1.165, 1.54) is 0 Å². The molecule has 1 amide bonds. The summed E-state index contributed by atoms with van der Waals surface area (Å²) in [6, 6.07) is 3.47. The van der Waals surface area contributed by atoms with E-state index >= 15 is 0 Å². The molecule has 1 heterocycles. The number of hydrogen-bond acceptors (Lipinski definition) is 5. The third-order valence-electron chi connectivity index (χ3n) is 3.03. The summed E-state index contributed by atoms with van der Waals surface area (Å²) in [6.07, 6.45) is 2.34. The van der Waals surface area contributed by atoms with Crippen LogP contribution in [0.5, 0.6) is 0 Å². The molecule has 4 N–H and O–H groups in total. The summed E-state index contributed by atoms with van der Waals surface area (Å²) in [5, 5.41) is 8.88. The predicted molar refractivity (Wildman–Crippen MR) is 79.3 cm³/mol. The maximum Gasteiger partial charge on any atom is 0.254 e. The number of hydrazine groups is 1. The van der Waals surface area contributed by atoms with Crippen LogP contribution in [0.2, 0.25) is 0 Å². The summed E-state index contributed by atoms with van der Waals surface area (Å²) in [5.74, 6) is 5.84. The summed E-state index contributed by atoms with van der Waals surface area (Å²) in [4.78, 5) is 18.5. The molecule has 0 unspecified atom stereocenters. The molecule has 0 bridgehead atoms. The lowest BCUT2D eigenvalue weighted by Crippen LogP contribution is -2.32. The largest absolute Gasteiger partial charge is 0.396 e. The molecule has 112 valence electrons. The fraction of sp³-hybridized carbons (Fsp3) is 0.571. The van der Waals surface area contributed by atoms with Crippen molar-refractivity contribution in [1.29, 1.82) is 0 Å². The van der Waals surface area contributed by atoms with Gasteiger partial charge in [-0.25, -0.2) is 10.8 Å². The number of aromatic nitrogens is 1. The zero-order valence-electron chi connectivity index (χ0n) is 12.2. The van der Waals surface area contributed by atoms with Crippen molar-refractivity contribution in [2.45, 2.75) is 33.1 Å². The van der Waals surface area contributed by atoms with Crippen LogP contribution < -0.4 is 11.3 Å². The standard InChI is InChI=1S/C14H24N4O2/c1-3-6-12-9-11(10-13(16-12)17-15)14(20)18(4-2)7-5-8-19/h9-10,19H,3-8,15H2,1-2H3,(H,16,17). The molecular weight excluding hydrogens is 256 g/mol. The second kappa shape index (κ2) is 8.50. The Bertz CT molecular complexity index is 437. The summed E-state index contributed by atoms with van der Waals surface area (Å²) >= 11 is 0. The van der Waals surface area contributed by atoms with Gasteiger partial charge in [0.1, 0.15) is 5.82 Å². The number of nitrogen functional groups attached to an aromatic ring is 1. The predicted octanol–water partition coefficient (Wildman–Crippen LogP) is 1.16. The molecule has 0 fully saturated rings. The average molecular weight is 280 g/mol. The fourth-order valence-corrected chi connectivity index (χ4v) is 2.02. The van der Waals surface area contributed by atoms with Gasteiger partial charge >= 0.3 is 0 Å². The fourth-order valence-electron chi connectivity index (χ4n) is 2.02. The molecule has 0 saturated carbocycles. The Morgan fingerprint density at radius 2 is 2.20 bits per heavy atom. The number of amides is 1. The number of carbonyl (C=O) groups is 1. The van der Waals surface area contributed by atoms with Gasteiger partial charge in [0.25, 0.3) is 5.91 Å². The molecule has 1 aromatic rings. The van der Waals surface area contributed by atoms with Crippen LogP contribution in [0.4, 0.5) is 5.82 Å². The van der Waals surface area contributed by atoms with Crippen LogP contribution in [0.25, 0.3) is 0 Å². The van der Waals surface area contributed by atoms with Crippen molar-refractivity contribution < 1.29 is 9.90 Å². The first-order valence-electron chi connectivity index (χ1n) is 7.03. The van der Waals surface area contributed by atoms with Gasteiger partial charge in [-0.3, -0.25) is 4.79 Å². The lowest BCUT2D eigenvalue weighted by atomic mass is 10.1. The summed E-state index contributed by atoms with van der Waals surface area (Å²) in [5.41, 5.74) is 3.93. The van der Waals surface area contributed by atoms with E-state index in [0.717, 1.165) is 18.5 Å². The zero-order valence-corrected chi connectivity index (χ0v) is 12.2. The molecule has 0 aliphatic rings. The van der Waals surface area contributed by atoms with Gasteiger partial charge in [0.15, 0.2) is 0 Å². The van der Waals surface area contributed by atoms with Gasteiger partial charge < -0.3 is 15.4 Å². The van der Waals surface area contributed by atoms with Crippen molar-refractivity contribution in [3.8, 4) is 0 Å². The molecular formula is C14H24N4O2. The van der Waals surface area contributed by atoms with E-state index in [4.69, 9.17) is 10.9 Å². The van der Waals surface area contributed by atoms with Crippen molar-refractivity contribution in [1.82, 2.24) is 9.88 Å². The Morgan fingerprint density at radius 3 is 2.75 bits per heavy atom. The third-order valence-corrected chi connectivity index (χ3v) is 3.03. The van der Waals surface area contributed by atoms with Gasteiger partial charge in [0, 0.05) is 31.0 Å². The number of pyridine rings is 1. The maximum atomic E-state index is 12.5. The first kappa shape index (κ1) is 16.4. The first-order valence-corrected chi connectivity index (χ1v) is 7.03. The van der Waals surface area contributed by atoms with Gasteiger partial charge in [-0.05, 0) is 31.9 Å². The van der Waals surface area contributed by atoms with Crippen LogP contribution in [-0.4, -0.2) is 40.6 Å². The second-order valence-electron chi connectivity index (χ2n) is 4.59. The summed E-state index contributed by atoms with van der Waals surface area (Å²) in [7, 11) is 0. The highest BCUT2D eigenvalue weighted by Gasteiger charge is 2.15. The van der Waals surface area contributed by atoms with E-state index in [1.54, 1.807) is 11.0 Å². The van der Waals surface area contributed by atoms with Crippen molar-refractivity contribution in [3.63, 3.8) is 0 Å². The maximum absolute atomic E-state index is 12.5. The monoisotopic (exact) mass is 280 g/mol.